The smallest absolute Gasteiger partial charge is 0.227 e. The Labute approximate surface area is 131 Å². The van der Waals surface area contributed by atoms with Gasteiger partial charge in [0.1, 0.15) is 5.82 Å². The predicted molar refractivity (Wildman–Crippen MR) is 83.9 cm³/mol. The molecule has 0 spiro atoms. The fourth-order valence-electron chi connectivity index (χ4n) is 2.97. The molecule has 4 nitrogen and oxygen atoms in total. The lowest BCUT2D eigenvalue weighted by molar-refractivity contribution is -0.129. The number of halogens is 1. The van der Waals surface area contributed by atoms with Crippen LogP contribution in [0.4, 0.5) is 4.39 Å². The molecule has 0 saturated carbocycles. The minimum Gasteiger partial charge on any atom is -0.396 e. The minimum atomic E-state index is -0.291. The highest BCUT2D eigenvalue weighted by Crippen LogP contribution is 2.24. The van der Waals surface area contributed by atoms with E-state index in [0.717, 1.165) is 18.7 Å². The molecule has 122 valence electrons. The summed E-state index contributed by atoms with van der Waals surface area (Å²) in [4.78, 5) is 16.4. The van der Waals surface area contributed by atoms with Crippen molar-refractivity contribution in [2.24, 2.45) is 11.8 Å². The highest BCUT2D eigenvalue weighted by molar-refractivity contribution is 5.79. The van der Waals surface area contributed by atoms with Crippen LogP contribution >= 0.6 is 0 Å². The van der Waals surface area contributed by atoms with E-state index in [-0.39, 0.29) is 30.7 Å². The maximum atomic E-state index is 12.9. The van der Waals surface area contributed by atoms with E-state index >= 15 is 0 Å². The number of hydrogen-bond acceptors (Lipinski definition) is 3. The first-order chi connectivity index (χ1) is 10.5. The summed E-state index contributed by atoms with van der Waals surface area (Å²) in [6.07, 6.45) is 0.286. The van der Waals surface area contributed by atoms with E-state index in [0.29, 0.717) is 19.0 Å². The second-order valence-corrected chi connectivity index (χ2v) is 6.16. The van der Waals surface area contributed by atoms with E-state index in [2.05, 4.69) is 18.9 Å². The summed E-state index contributed by atoms with van der Waals surface area (Å²) in [5.74, 6) is 0.213. The number of aliphatic hydroxyl groups is 1. The zero-order valence-electron chi connectivity index (χ0n) is 13.3. The van der Waals surface area contributed by atoms with Crippen LogP contribution in [0.1, 0.15) is 12.5 Å². The molecule has 1 aromatic rings. The van der Waals surface area contributed by atoms with E-state index in [1.807, 2.05) is 4.90 Å². The Kier molecular flexibility index (Phi) is 5.91. The molecule has 1 aromatic carbocycles. The van der Waals surface area contributed by atoms with Gasteiger partial charge in [-0.1, -0.05) is 19.1 Å². The second kappa shape index (κ2) is 7.70. The van der Waals surface area contributed by atoms with Crippen LogP contribution in [-0.2, 0) is 11.2 Å². The van der Waals surface area contributed by atoms with Crippen molar-refractivity contribution in [1.82, 2.24) is 9.80 Å². The quantitative estimate of drug-likeness (QED) is 0.863. The summed E-state index contributed by atoms with van der Waals surface area (Å²) in [5, 5.41) is 9.54. The molecular formula is C17H25FN2O2. The van der Waals surface area contributed by atoms with Crippen molar-refractivity contribution in [1.29, 1.82) is 0 Å². The standard InChI is InChI=1S/C17H25FN2O2/c1-3-19(2)9-14-10-20(11-15(14)12-21)17(22)8-13-4-6-16(18)7-5-13/h4-7,14-15,21H,3,8-12H2,1-2H3/t14-,15-/m1/s1. The van der Waals surface area contributed by atoms with E-state index < -0.39 is 0 Å². The van der Waals surface area contributed by atoms with Gasteiger partial charge in [0.05, 0.1) is 6.42 Å². The van der Waals surface area contributed by atoms with E-state index in [4.69, 9.17) is 0 Å². The van der Waals surface area contributed by atoms with E-state index in [9.17, 15) is 14.3 Å². The van der Waals surface area contributed by atoms with Gasteiger partial charge in [0, 0.05) is 32.2 Å². The van der Waals surface area contributed by atoms with Gasteiger partial charge in [0.2, 0.25) is 5.91 Å². The normalized spacial score (nSPS) is 21.6. The summed E-state index contributed by atoms with van der Waals surface area (Å²) < 4.78 is 12.9. The maximum absolute atomic E-state index is 12.9. The molecule has 1 amide bonds. The number of likely N-dealkylation sites (tertiary alicyclic amines) is 1. The molecule has 1 aliphatic rings. The molecule has 22 heavy (non-hydrogen) atoms. The lowest BCUT2D eigenvalue weighted by atomic mass is 9.96. The zero-order chi connectivity index (χ0) is 16.1. The summed E-state index contributed by atoms with van der Waals surface area (Å²) in [5.41, 5.74) is 0.820. The van der Waals surface area contributed by atoms with Gasteiger partial charge in [0.25, 0.3) is 0 Å². The third kappa shape index (κ3) is 4.27. The molecule has 0 radical (unpaired) electrons. The minimum absolute atomic E-state index is 0.0479. The van der Waals surface area contributed by atoms with Crippen LogP contribution in [0.2, 0.25) is 0 Å². The number of aliphatic hydroxyl groups excluding tert-OH is 1. The average molecular weight is 308 g/mol. The fourth-order valence-corrected chi connectivity index (χ4v) is 2.97. The fraction of sp³-hybridized carbons (Fsp3) is 0.588. The Bertz CT molecular complexity index is 492. The number of nitrogens with zero attached hydrogens (tertiary/aromatic N) is 2. The van der Waals surface area contributed by atoms with Crippen LogP contribution in [0.15, 0.2) is 24.3 Å². The van der Waals surface area contributed by atoms with Gasteiger partial charge >= 0.3 is 0 Å². The number of amides is 1. The Hall–Kier alpha value is -1.46. The number of carbonyl (C=O) groups is 1. The van der Waals surface area contributed by atoms with Crippen molar-refractivity contribution >= 4 is 5.91 Å². The number of rotatable bonds is 6. The third-order valence-electron chi connectivity index (χ3n) is 4.52. The average Bonchev–Trinajstić information content (AvgIpc) is 2.92. The molecule has 1 aliphatic heterocycles. The Morgan fingerprint density at radius 3 is 2.55 bits per heavy atom. The molecule has 0 unspecified atom stereocenters. The van der Waals surface area contributed by atoms with Crippen LogP contribution < -0.4 is 0 Å². The third-order valence-corrected chi connectivity index (χ3v) is 4.52. The molecule has 0 bridgehead atoms. The summed E-state index contributed by atoms with van der Waals surface area (Å²) in [7, 11) is 2.05. The Balaban J connectivity index is 1.94. The van der Waals surface area contributed by atoms with E-state index in [1.54, 1.807) is 12.1 Å². The zero-order valence-corrected chi connectivity index (χ0v) is 13.3. The molecule has 1 saturated heterocycles. The summed E-state index contributed by atoms with van der Waals surface area (Å²) >= 11 is 0. The summed E-state index contributed by atoms with van der Waals surface area (Å²) in [6.45, 7) is 5.36. The SMILES string of the molecule is CCN(C)C[C@@H]1CN(C(=O)Cc2ccc(F)cc2)C[C@@H]1CO. The van der Waals surface area contributed by atoms with E-state index in [1.165, 1.54) is 12.1 Å². The molecule has 0 aliphatic carbocycles. The molecule has 2 atom stereocenters. The maximum Gasteiger partial charge on any atom is 0.227 e. The van der Waals surface area contributed by atoms with Crippen molar-refractivity contribution < 1.29 is 14.3 Å². The first-order valence-corrected chi connectivity index (χ1v) is 7.85. The van der Waals surface area contributed by atoms with Gasteiger partial charge in [-0.15, -0.1) is 0 Å². The molecule has 5 heteroatoms. The number of benzene rings is 1. The molecule has 1 fully saturated rings. The van der Waals surface area contributed by atoms with Crippen LogP contribution in [-0.4, -0.2) is 60.6 Å². The van der Waals surface area contributed by atoms with Crippen LogP contribution in [0, 0.1) is 17.7 Å². The predicted octanol–water partition coefficient (Wildman–Crippen LogP) is 1.39. The lowest BCUT2D eigenvalue weighted by Gasteiger charge is -2.22. The van der Waals surface area contributed by atoms with Gasteiger partial charge < -0.3 is 14.9 Å². The Morgan fingerprint density at radius 2 is 1.95 bits per heavy atom. The van der Waals surface area contributed by atoms with Crippen molar-refractivity contribution in [2.75, 3.05) is 39.8 Å². The molecule has 0 aromatic heterocycles. The highest BCUT2D eigenvalue weighted by atomic mass is 19.1. The van der Waals surface area contributed by atoms with Crippen molar-refractivity contribution in [3.05, 3.63) is 35.6 Å². The largest absolute Gasteiger partial charge is 0.396 e. The lowest BCUT2D eigenvalue weighted by Crippen LogP contribution is -2.32. The van der Waals surface area contributed by atoms with Crippen molar-refractivity contribution in [3.8, 4) is 0 Å². The van der Waals surface area contributed by atoms with Crippen molar-refractivity contribution in [2.45, 2.75) is 13.3 Å². The van der Waals surface area contributed by atoms with Crippen LogP contribution in [0.3, 0.4) is 0 Å². The van der Waals surface area contributed by atoms with Gasteiger partial charge in [-0.2, -0.15) is 0 Å². The monoisotopic (exact) mass is 308 g/mol. The highest BCUT2D eigenvalue weighted by Gasteiger charge is 2.34. The van der Waals surface area contributed by atoms with Gasteiger partial charge in [-0.05, 0) is 37.2 Å². The van der Waals surface area contributed by atoms with Crippen LogP contribution in [0.5, 0.6) is 0 Å². The summed E-state index contributed by atoms with van der Waals surface area (Å²) in [6, 6.07) is 6.05. The van der Waals surface area contributed by atoms with Crippen LogP contribution in [0.25, 0.3) is 0 Å². The van der Waals surface area contributed by atoms with Gasteiger partial charge in [-0.3, -0.25) is 4.79 Å². The van der Waals surface area contributed by atoms with Crippen molar-refractivity contribution in [3.63, 3.8) is 0 Å². The molecule has 1 heterocycles. The molecule has 1 N–H and O–H groups in total. The topological polar surface area (TPSA) is 43.8 Å². The Morgan fingerprint density at radius 1 is 1.32 bits per heavy atom. The van der Waals surface area contributed by atoms with Gasteiger partial charge in [-0.25, -0.2) is 4.39 Å². The molecule has 2 rings (SSSR count). The first-order valence-electron chi connectivity index (χ1n) is 7.85. The number of carbonyl (C=O) groups excluding carboxylic acids is 1. The van der Waals surface area contributed by atoms with Gasteiger partial charge in [0.15, 0.2) is 0 Å². The number of hydrogen-bond donors (Lipinski definition) is 1. The second-order valence-electron chi connectivity index (χ2n) is 6.16. The first kappa shape index (κ1) is 16.9. The molecular weight excluding hydrogens is 283 g/mol.